The van der Waals surface area contributed by atoms with Gasteiger partial charge in [-0.3, -0.25) is 9.59 Å². The normalized spacial score (nSPS) is 15.0. The van der Waals surface area contributed by atoms with Crippen LogP contribution in [0.1, 0.15) is 30.4 Å². The summed E-state index contributed by atoms with van der Waals surface area (Å²) in [5, 5.41) is 11.9. The van der Waals surface area contributed by atoms with E-state index >= 15 is 0 Å². The van der Waals surface area contributed by atoms with Crippen molar-refractivity contribution >= 4 is 11.9 Å². The third-order valence-electron chi connectivity index (χ3n) is 3.69. The Balaban J connectivity index is 1.72. The van der Waals surface area contributed by atoms with Gasteiger partial charge in [-0.2, -0.15) is 0 Å². The van der Waals surface area contributed by atoms with Gasteiger partial charge in [-0.1, -0.05) is 24.3 Å². The van der Waals surface area contributed by atoms with Crippen molar-refractivity contribution in [2.24, 2.45) is 0 Å². The highest BCUT2D eigenvalue weighted by atomic mass is 16.4. The fourth-order valence-corrected chi connectivity index (χ4v) is 2.52. The van der Waals surface area contributed by atoms with E-state index in [1.54, 1.807) is 0 Å². The Morgan fingerprint density at radius 2 is 1.67 bits per heavy atom. The van der Waals surface area contributed by atoms with Crippen LogP contribution < -0.4 is 5.32 Å². The Labute approximate surface area is 125 Å². The van der Waals surface area contributed by atoms with E-state index in [9.17, 15) is 9.59 Å². The summed E-state index contributed by atoms with van der Waals surface area (Å²) < 4.78 is 0. The predicted octanol–water partition coefficient (Wildman–Crippen LogP) is 1.42. The average Bonchev–Trinajstić information content (AvgIpc) is 2.49. The van der Waals surface area contributed by atoms with Gasteiger partial charge in [0.2, 0.25) is 5.91 Å². The second-order valence-electron chi connectivity index (χ2n) is 5.43. The summed E-state index contributed by atoms with van der Waals surface area (Å²) in [5.74, 6) is -0.662. The molecule has 0 saturated carbocycles. The van der Waals surface area contributed by atoms with E-state index in [-0.39, 0.29) is 12.3 Å². The number of rotatable bonds is 6. The number of nitrogens with zero attached hydrogens (tertiary/aromatic N) is 1. The third kappa shape index (κ3) is 5.19. The van der Waals surface area contributed by atoms with Crippen LogP contribution in [0.2, 0.25) is 0 Å². The molecular formula is C16H22N2O3. The molecule has 2 N–H and O–H groups in total. The third-order valence-corrected chi connectivity index (χ3v) is 3.69. The number of likely N-dealkylation sites (tertiary alicyclic amines) is 1. The van der Waals surface area contributed by atoms with Crippen molar-refractivity contribution in [1.29, 1.82) is 0 Å². The van der Waals surface area contributed by atoms with E-state index in [0.717, 1.165) is 37.1 Å². The van der Waals surface area contributed by atoms with Gasteiger partial charge in [0.15, 0.2) is 0 Å². The number of aliphatic carboxylic acids is 1. The van der Waals surface area contributed by atoms with Crippen molar-refractivity contribution in [2.75, 3.05) is 19.6 Å². The van der Waals surface area contributed by atoms with Crippen molar-refractivity contribution < 1.29 is 14.7 Å². The molecule has 0 aromatic heterocycles. The Bertz CT molecular complexity index is 479. The van der Waals surface area contributed by atoms with Gasteiger partial charge >= 0.3 is 5.97 Å². The maximum atomic E-state index is 12.0. The number of carbonyl (C=O) groups excluding carboxylic acids is 1. The fourth-order valence-electron chi connectivity index (χ4n) is 2.52. The predicted molar refractivity (Wildman–Crippen MR) is 79.9 cm³/mol. The van der Waals surface area contributed by atoms with E-state index in [2.05, 4.69) is 5.32 Å². The minimum atomic E-state index is -0.826. The lowest BCUT2D eigenvalue weighted by Gasteiger charge is -2.26. The van der Waals surface area contributed by atoms with Gasteiger partial charge < -0.3 is 15.3 Å². The van der Waals surface area contributed by atoms with Gasteiger partial charge in [-0.15, -0.1) is 0 Å². The molecule has 5 nitrogen and oxygen atoms in total. The molecule has 0 radical (unpaired) electrons. The zero-order valence-electron chi connectivity index (χ0n) is 12.2. The molecule has 2 rings (SSSR count). The molecule has 0 unspecified atom stereocenters. The molecule has 0 spiro atoms. The minimum absolute atomic E-state index is 0.0428. The first-order valence-electron chi connectivity index (χ1n) is 7.43. The van der Waals surface area contributed by atoms with Crippen molar-refractivity contribution in [3.05, 3.63) is 35.4 Å². The van der Waals surface area contributed by atoms with Gasteiger partial charge in [0, 0.05) is 19.6 Å². The van der Waals surface area contributed by atoms with Crippen molar-refractivity contribution in [3.8, 4) is 0 Å². The summed E-state index contributed by atoms with van der Waals surface area (Å²) in [6.07, 6.45) is 3.48. The first-order chi connectivity index (χ1) is 10.1. The number of carbonyl (C=O) groups is 2. The Morgan fingerprint density at radius 1 is 1.05 bits per heavy atom. The Hall–Kier alpha value is -1.88. The minimum Gasteiger partial charge on any atom is -0.481 e. The summed E-state index contributed by atoms with van der Waals surface area (Å²) in [4.78, 5) is 24.5. The first-order valence-corrected chi connectivity index (χ1v) is 7.43. The fraction of sp³-hybridized carbons (Fsp3) is 0.500. The molecule has 0 bridgehead atoms. The van der Waals surface area contributed by atoms with Crippen molar-refractivity contribution in [1.82, 2.24) is 10.2 Å². The highest BCUT2D eigenvalue weighted by molar-refractivity contribution is 5.78. The number of carboxylic acid groups (broad SMARTS) is 1. The zero-order valence-corrected chi connectivity index (χ0v) is 12.2. The van der Waals surface area contributed by atoms with Crippen molar-refractivity contribution in [2.45, 2.75) is 32.2 Å². The highest BCUT2D eigenvalue weighted by Crippen LogP contribution is 2.08. The molecule has 1 aliphatic heterocycles. The van der Waals surface area contributed by atoms with Crippen LogP contribution in [0, 0.1) is 0 Å². The summed E-state index contributed by atoms with van der Waals surface area (Å²) >= 11 is 0. The number of nitrogens with one attached hydrogen (secondary N) is 1. The van der Waals surface area contributed by atoms with E-state index < -0.39 is 5.97 Å². The summed E-state index contributed by atoms with van der Waals surface area (Å²) in [7, 11) is 0. The van der Waals surface area contributed by atoms with Crippen LogP contribution in [-0.2, 0) is 22.6 Å². The molecule has 1 aliphatic rings. The summed E-state index contributed by atoms with van der Waals surface area (Å²) in [6.45, 7) is 2.73. The molecule has 1 aromatic carbocycles. The highest BCUT2D eigenvalue weighted by Gasteiger charge is 2.15. The van der Waals surface area contributed by atoms with Gasteiger partial charge in [-0.25, -0.2) is 0 Å². The topological polar surface area (TPSA) is 69.6 Å². The molecule has 0 aliphatic carbocycles. The molecular weight excluding hydrogens is 268 g/mol. The van der Waals surface area contributed by atoms with Crippen molar-refractivity contribution in [3.63, 3.8) is 0 Å². The lowest BCUT2D eigenvalue weighted by atomic mass is 10.1. The van der Waals surface area contributed by atoms with Crippen LogP contribution in [-0.4, -0.2) is 41.5 Å². The zero-order chi connectivity index (χ0) is 15.1. The first kappa shape index (κ1) is 15.5. The molecule has 1 aromatic rings. The van der Waals surface area contributed by atoms with Gasteiger partial charge in [0.05, 0.1) is 13.0 Å². The lowest BCUT2D eigenvalue weighted by Crippen LogP contribution is -2.40. The smallest absolute Gasteiger partial charge is 0.307 e. The van der Waals surface area contributed by atoms with E-state index in [1.165, 1.54) is 6.42 Å². The van der Waals surface area contributed by atoms with Crippen LogP contribution in [0.5, 0.6) is 0 Å². The molecule has 1 saturated heterocycles. The summed E-state index contributed by atoms with van der Waals surface area (Å²) in [6, 6.07) is 7.43. The molecule has 114 valence electrons. The maximum absolute atomic E-state index is 12.0. The Kier molecular flexibility index (Phi) is 5.75. The SMILES string of the molecule is O=C(O)Cc1ccc(CNCC(=O)N2CCCCC2)cc1. The van der Waals surface area contributed by atoms with Gasteiger partial charge in [0.25, 0.3) is 0 Å². The lowest BCUT2D eigenvalue weighted by molar-refractivity contribution is -0.136. The largest absolute Gasteiger partial charge is 0.481 e. The second kappa shape index (κ2) is 7.78. The van der Waals surface area contributed by atoms with Crippen LogP contribution in [0.4, 0.5) is 0 Å². The molecule has 1 fully saturated rings. The monoisotopic (exact) mass is 290 g/mol. The van der Waals surface area contributed by atoms with Crippen LogP contribution >= 0.6 is 0 Å². The van der Waals surface area contributed by atoms with Crippen LogP contribution in [0.3, 0.4) is 0 Å². The molecule has 21 heavy (non-hydrogen) atoms. The summed E-state index contributed by atoms with van der Waals surface area (Å²) in [5.41, 5.74) is 1.84. The van der Waals surface area contributed by atoms with Gasteiger partial charge in [0.1, 0.15) is 0 Å². The number of hydrogen-bond donors (Lipinski definition) is 2. The van der Waals surface area contributed by atoms with E-state index in [1.807, 2.05) is 29.2 Å². The molecule has 5 heteroatoms. The average molecular weight is 290 g/mol. The second-order valence-corrected chi connectivity index (χ2v) is 5.43. The van der Waals surface area contributed by atoms with Crippen LogP contribution in [0.25, 0.3) is 0 Å². The molecule has 1 amide bonds. The van der Waals surface area contributed by atoms with Crippen LogP contribution in [0.15, 0.2) is 24.3 Å². The maximum Gasteiger partial charge on any atom is 0.307 e. The molecule has 1 heterocycles. The quantitative estimate of drug-likeness (QED) is 0.831. The molecule has 0 atom stereocenters. The standard InChI is InChI=1S/C16H22N2O3/c19-15(18-8-2-1-3-9-18)12-17-11-14-6-4-13(5-7-14)10-16(20)21/h4-7,17H,1-3,8-12H2,(H,20,21). The number of amides is 1. The number of carboxylic acids is 1. The van der Waals surface area contributed by atoms with Gasteiger partial charge in [-0.05, 0) is 30.4 Å². The number of hydrogen-bond acceptors (Lipinski definition) is 3. The number of benzene rings is 1. The number of piperidine rings is 1. The van der Waals surface area contributed by atoms with E-state index in [4.69, 9.17) is 5.11 Å². The Morgan fingerprint density at radius 3 is 2.29 bits per heavy atom. The van der Waals surface area contributed by atoms with E-state index in [0.29, 0.717) is 13.1 Å².